The third kappa shape index (κ3) is 2.88. The van der Waals surface area contributed by atoms with Gasteiger partial charge < -0.3 is 0 Å². The molecule has 86 valence electrons. The zero-order valence-corrected chi connectivity index (χ0v) is 9.55. The zero-order chi connectivity index (χ0) is 12.1. The monoisotopic (exact) mass is 247 g/mol. The van der Waals surface area contributed by atoms with E-state index in [2.05, 4.69) is 10.5 Å². The minimum Gasteiger partial charge on any atom is -0.272 e. The molecule has 0 radical (unpaired) electrons. The van der Waals surface area contributed by atoms with E-state index in [1.165, 1.54) is 6.07 Å². The van der Waals surface area contributed by atoms with Crippen LogP contribution >= 0.6 is 11.3 Å². The molecule has 0 spiro atoms. The Bertz CT molecular complexity index is 537. The van der Waals surface area contributed by atoms with E-state index in [1.54, 1.807) is 35.8 Å². The molecule has 17 heavy (non-hydrogen) atoms. The molecule has 1 N–H and O–H groups in total. The van der Waals surface area contributed by atoms with E-state index >= 15 is 0 Å². The Morgan fingerprint density at radius 2 is 2.12 bits per heavy atom. The second-order valence-corrected chi connectivity index (χ2v) is 4.14. The number of thiophene rings is 1. The predicted molar refractivity (Wildman–Crippen MR) is 68.6 cm³/mol. The van der Waals surface area contributed by atoms with Crippen molar-refractivity contribution in [1.82, 2.24) is 0 Å². The molecule has 1 heterocycles. The minimum atomic E-state index is -0.441. The molecule has 0 unspecified atom stereocenters. The first-order chi connectivity index (χ1) is 8.27. The number of hydrogen-bond acceptors (Lipinski definition) is 5. The fourth-order valence-electron chi connectivity index (χ4n) is 1.26. The number of nitrogens with zero attached hydrogens (tertiary/aromatic N) is 2. The fraction of sp³-hybridized carbons (Fsp3) is 0. The number of rotatable bonds is 4. The average molecular weight is 247 g/mol. The van der Waals surface area contributed by atoms with Gasteiger partial charge in [-0.15, -0.1) is 11.3 Å². The summed E-state index contributed by atoms with van der Waals surface area (Å²) < 4.78 is 0. The zero-order valence-electron chi connectivity index (χ0n) is 8.74. The van der Waals surface area contributed by atoms with Crippen LogP contribution in [0.2, 0.25) is 0 Å². The van der Waals surface area contributed by atoms with Crippen molar-refractivity contribution >= 4 is 28.9 Å². The number of hydrazone groups is 1. The van der Waals surface area contributed by atoms with Crippen LogP contribution in [0.4, 0.5) is 11.4 Å². The summed E-state index contributed by atoms with van der Waals surface area (Å²) in [7, 11) is 0. The van der Waals surface area contributed by atoms with Gasteiger partial charge >= 0.3 is 0 Å². The van der Waals surface area contributed by atoms with Crippen LogP contribution in [0.15, 0.2) is 46.9 Å². The van der Waals surface area contributed by atoms with E-state index in [0.29, 0.717) is 5.69 Å². The maximum atomic E-state index is 10.7. The Labute approximate surface area is 102 Å². The lowest BCUT2D eigenvalue weighted by molar-refractivity contribution is -0.384. The van der Waals surface area contributed by atoms with Crippen molar-refractivity contribution in [2.45, 2.75) is 0 Å². The van der Waals surface area contributed by atoms with Crippen LogP contribution in [0.3, 0.4) is 0 Å². The third-order valence-electron chi connectivity index (χ3n) is 2.02. The van der Waals surface area contributed by atoms with E-state index in [4.69, 9.17) is 0 Å². The maximum absolute atomic E-state index is 10.7. The molecular weight excluding hydrogens is 238 g/mol. The lowest BCUT2D eigenvalue weighted by Gasteiger charge is -2.00. The van der Waals surface area contributed by atoms with E-state index in [0.717, 1.165) is 4.88 Å². The molecule has 2 aromatic rings. The summed E-state index contributed by atoms with van der Waals surface area (Å²) in [6.45, 7) is 0. The van der Waals surface area contributed by atoms with Crippen LogP contribution in [0.5, 0.6) is 0 Å². The highest BCUT2D eigenvalue weighted by Gasteiger charge is 2.10. The highest BCUT2D eigenvalue weighted by Crippen LogP contribution is 2.22. The molecule has 5 nitrogen and oxygen atoms in total. The summed E-state index contributed by atoms with van der Waals surface area (Å²) in [4.78, 5) is 11.3. The third-order valence-corrected chi connectivity index (χ3v) is 2.83. The van der Waals surface area contributed by atoms with E-state index in [1.807, 2.05) is 17.5 Å². The molecule has 0 saturated heterocycles. The minimum absolute atomic E-state index is 0.0100. The topological polar surface area (TPSA) is 67.5 Å². The molecule has 1 aromatic carbocycles. The number of anilines is 1. The van der Waals surface area contributed by atoms with Crippen molar-refractivity contribution in [2.75, 3.05) is 5.43 Å². The summed E-state index contributed by atoms with van der Waals surface area (Å²) in [6.07, 6.45) is 1.63. The summed E-state index contributed by atoms with van der Waals surface area (Å²) >= 11 is 1.55. The molecule has 0 aliphatic carbocycles. The van der Waals surface area contributed by atoms with Gasteiger partial charge in [0.1, 0.15) is 5.69 Å². The second kappa shape index (κ2) is 5.22. The first-order valence-electron chi connectivity index (χ1n) is 4.83. The highest BCUT2D eigenvalue weighted by molar-refractivity contribution is 7.11. The smallest absolute Gasteiger partial charge is 0.272 e. The van der Waals surface area contributed by atoms with Crippen molar-refractivity contribution in [3.05, 3.63) is 56.8 Å². The molecule has 0 amide bonds. The van der Waals surface area contributed by atoms with Gasteiger partial charge in [-0.3, -0.25) is 15.5 Å². The van der Waals surface area contributed by atoms with Crippen LogP contribution in [-0.2, 0) is 0 Å². The van der Waals surface area contributed by atoms with Crippen molar-refractivity contribution in [3.8, 4) is 0 Å². The Morgan fingerprint density at radius 1 is 1.29 bits per heavy atom. The molecule has 0 bridgehead atoms. The fourth-order valence-corrected chi connectivity index (χ4v) is 1.84. The van der Waals surface area contributed by atoms with Gasteiger partial charge in [0.15, 0.2) is 0 Å². The molecule has 2 rings (SSSR count). The molecule has 0 saturated carbocycles. The lowest BCUT2D eigenvalue weighted by Crippen LogP contribution is -1.96. The first-order valence-corrected chi connectivity index (χ1v) is 5.71. The Morgan fingerprint density at radius 3 is 2.82 bits per heavy atom. The Balaban J connectivity index is 2.11. The maximum Gasteiger partial charge on any atom is 0.294 e. The predicted octanol–water partition coefficient (Wildman–Crippen LogP) is 3.10. The van der Waals surface area contributed by atoms with Gasteiger partial charge in [-0.1, -0.05) is 18.2 Å². The van der Waals surface area contributed by atoms with Crippen LogP contribution in [0, 0.1) is 10.1 Å². The van der Waals surface area contributed by atoms with Crippen LogP contribution in [0.25, 0.3) is 0 Å². The molecule has 0 atom stereocenters. The second-order valence-electron chi connectivity index (χ2n) is 3.16. The molecule has 0 aliphatic rings. The first kappa shape index (κ1) is 11.3. The van der Waals surface area contributed by atoms with E-state index in [9.17, 15) is 10.1 Å². The van der Waals surface area contributed by atoms with Gasteiger partial charge in [0.2, 0.25) is 0 Å². The Hall–Kier alpha value is -2.21. The normalized spacial score (nSPS) is 10.6. The van der Waals surface area contributed by atoms with Gasteiger partial charge in [-0.25, -0.2) is 0 Å². The van der Waals surface area contributed by atoms with Gasteiger partial charge in [-0.05, 0) is 17.5 Å². The number of para-hydroxylation sites is 2. The van der Waals surface area contributed by atoms with E-state index < -0.39 is 4.92 Å². The molecule has 1 aromatic heterocycles. The largest absolute Gasteiger partial charge is 0.294 e. The van der Waals surface area contributed by atoms with Crippen molar-refractivity contribution < 1.29 is 4.92 Å². The lowest BCUT2D eigenvalue weighted by atomic mass is 10.3. The summed E-state index contributed by atoms with van der Waals surface area (Å²) in [5.74, 6) is 0. The Kier molecular flexibility index (Phi) is 3.46. The van der Waals surface area contributed by atoms with Crippen molar-refractivity contribution in [2.24, 2.45) is 5.10 Å². The quantitative estimate of drug-likeness (QED) is 0.512. The summed E-state index contributed by atoms with van der Waals surface area (Å²) in [6, 6.07) is 10.2. The van der Waals surface area contributed by atoms with Gasteiger partial charge in [0.25, 0.3) is 5.69 Å². The van der Waals surface area contributed by atoms with Crippen LogP contribution in [-0.4, -0.2) is 11.1 Å². The SMILES string of the molecule is O=[N+]([O-])c1ccccc1N/N=C/c1cccs1. The molecule has 0 aliphatic heterocycles. The average Bonchev–Trinajstić information content (AvgIpc) is 2.82. The summed E-state index contributed by atoms with van der Waals surface area (Å²) in [5.41, 5.74) is 3.06. The number of benzene rings is 1. The van der Waals surface area contributed by atoms with Gasteiger partial charge in [0.05, 0.1) is 11.1 Å². The molecular formula is C11H9N3O2S. The van der Waals surface area contributed by atoms with Gasteiger partial charge in [-0.2, -0.15) is 5.10 Å². The van der Waals surface area contributed by atoms with Crippen LogP contribution < -0.4 is 5.43 Å². The van der Waals surface area contributed by atoms with E-state index in [-0.39, 0.29) is 5.69 Å². The highest BCUT2D eigenvalue weighted by atomic mass is 32.1. The molecule has 6 heteroatoms. The summed E-state index contributed by atoms with van der Waals surface area (Å²) in [5, 5.41) is 16.6. The molecule has 0 fully saturated rings. The number of nitro groups is 1. The van der Waals surface area contributed by atoms with Crippen LogP contribution in [0.1, 0.15) is 4.88 Å². The standard InChI is InChI=1S/C11H9N3O2S/c15-14(16)11-6-2-1-5-10(11)13-12-8-9-4-3-7-17-9/h1-8,13H/b12-8+. The number of nitro benzene ring substituents is 1. The number of nitrogens with one attached hydrogen (secondary N) is 1. The van der Waals surface area contributed by atoms with Crippen molar-refractivity contribution in [3.63, 3.8) is 0 Å². The number of hydrogen-bond donors (Lipinski definition) is 1. The van der Waals surface area contributed by atoms with Gasteiger partial charge in [0, 0.05) is 10.9 Å². The van der Waals surface area contributed by atoms with Crippen molar-refractivity contribution in [1.29, 1.82) is 0 Å².